The van der Waals surface area contributed by atoms with Crippen molar-refractivity contribution in [2.75, 3.05) is 33.5 Å². The van der Waals surface area contributed by atoms with E-state index in [-0.39, 0.29) is 18.1 Å². The van der Waals surface area contributed by atoms with Gasteiger partial charge in [0, 0.05) is 13.7 Å². The van der Waals surface area contributed by atoms with Gasteiger partial charge in [-0.05, 0) is 6.92 Å². The maximum atomic E-state index is 11.5. The second kappa shape index (κ2) is 5.95. The lowest BCUT2D eigenvalue weighted by atomic mass is 10.1. The summed E-state index contributed by atoms with van der Waals surface area (Å²) in [4.78, 5) is 11.5. The van der Waals surface area contributed by atoms with Gasteiger partial charge in [-0.15, -0.1) is 0 Å². The molecule has 0 spiro atoms. The summed E-state index contributed by atoms with van der Waals surface area (Å²) in [6.07, 6.45) is -0.196. The third-order valence-corrected chi connectivity index (χ3v) is 2.04. The predicted octanol–water partition coefficient (Wildman–Crippen LogP) is -0.242. The van der Waals surface area contributed by atoms with Crippen LogP contribution < -0.4 is 5.32 Å². The molecule has 0 aliphatic carbocycles. The van der Waals surface area contributed by atoms with Crippen LogP contribution in [-0.2, 0) is 19.0 Å². The third kappa shape index (κ3) is 3.61. The Morgan fingerprint density at radius 2 is 2.14 bits per heavy atom. The fraction of sp³-hybridized carbons (Fsp3) is 0.889. The van der Waals surface area contributed by atoms with Crippen molar-refractivity contribution in [1.29, 1.82) is 0 Å². The minimum atomic E-state index is -0.196. The van der Waals surface area contributed by atoms with Gasteiger partial charge in [0.25, 0.3) is 0 Å². The predicted molar refractivity (Wildman–Crippen MR) is 49.7 cm³/mol. The van der Waals surface area contributed by atoms with E-state index >= 15 is 0 Å². The molecule has 0 aromatic heterocycles. The first-order valence-electron chi connectivity index (χ1n) is 4.74. The van der Waals surface area contributed by atoms with Crippen molar-refractivity contribution in [3.63, 3.8) is 0 Å². The minimum Gasteiger partial charge on any atom is -0.383 e. The highest BCUT2D eigenvalue weighted by Gasteiger charge is 2.24. The van der Waals surface area contributed by atoms with Crippen LogP contribution in [0.1, 0.15) is 6.92 Å². The van der Waals surface area contributed by atoms with E-state index < -0.39 is 0 Å². The van der Waals surface area contributed by atoms with E-state index in [0.717, 1.165) is 0 Å². The van der Waals surface area contributed by atoms with Crippen LogP contribution >= 0.6 is 0 Å². The minimum absolute atomic E-state index is 0.0334. The second-order valence-electron chi connectivity index (χ2n) is 3.22. The highest BCUT2D eigenvalue weighted by atomic mass is 16.7. The Morgan fingerprint density at radius 3 is 2.71 bits per heavy atom. The topological polar surface area (TPSA) is 56.8 Å². The SMILES string of the molecule is COCCNC(=O)C1COC(C)OC1. The van der Waals surface area contributed by atoms with Crippen LogP contribution in [0.3, 0.4) is 0 Å². The molecule has 1 aliphatic rings. The smallest absolute Gasteiger partial charge is 0.227 e. The molecule has 1 saturated heterocycles. The first-order valence-corrected chi connectivity index (χ1v) is 4.74. The Hall–Kier alpha value is -0.650. The van der Waals surface area contributed by atoms with Gasteiger partial charge in [0.05, 0.1) is 25.7 Å². The van der Waals surface area contributed by atoms with Crippen molar-refractivity contribution in [2.45, 2.75) is 13.2 Å². The lowest BCUT2D eigenvalue weighted by Crippen LogP contribution is -2.42. The molecule has 0 atom stereocenters. The second-order valence-corrected chi connectivity index (χ2v) is 3.22. The lowest BCUT2D eigenvalue weighted by molar-refractivity contribution is -0.192. The van der Waals surface area contributed by atoms with E-state index in [2.05, 4.69) is 5.32 Å². The van der Waals surface area contributed by atoms with Crippen molar-refractivity contribution in [1.82, 2.24) is 5.32 Å². The van der Waals surface area contributed by atoms with Crippen LogP contribution in [0.15, 0.2) is 0 Å². The molecule has 82 valence electrons. The monoisotopic (exact) mass is 203 g/mol. The highest BCUT2D eigenvalue weighted by molar-refractivity contribution is 5.78. The Bertz CT molecular complexity index is 178. The number of hydrogen-bond acceptors (Lipinski definition) is 4. The van der Waals surface area contributed by atoms with E-state index in [1.54, 1.807) is 7.11 Å². The van der Waals surface area contributed by atoms with Crippen LogP contribution in [0.5, 0.6) is 0 Å². The fourth-order valence-electron chi connectivity index (χ4n) is 1.17. The summed E-state index contributed by atoms with van der Waals surface area (Å²) >= 11 is 0. The Kier molecular flexibility index (Phi) is 4.86. The number of carbonyl (C=O) groups is 1. The molecule has 1 heterocycles. The number of ether oxygens (including phenoxy) is 3. The van der Waals surface area contributed by atoms with E-state index in [0.29, 0.717) is 26.4 Å². The maximum Gasteiger partial charge on any atom is 0.227 e. The molecule has 0 unspecified atom stereocenters. The summed E-state index contributed by atoms with van der Waals surface area (Å²) in [5.41, 5.74) is 0. The van der Waals surface area contributed by atoms with Gasteiger partial charge in [-0.25, -0.2) is 0 Å². The molecular weight excluding hydrogens is 186 g/mol. The summed E-state index contributed by atoms with van der Waals surface area (Å²) in [6.45, 7) is 3.73. The van der Waals surface area contributed by atoms with Crippen LogP contribution in [0.4, 0.5) is 0 Å². The van der Waals surface area contributed by atoms with Crippen LogP contribution in [0, 0.1) is 5.92 Å². The van der Waals surface area contributed by atoms with Gasteiger partial charge in [0.1, 0.15) is 0 Å². The summed E-state index contributed by atoms with van der Waals surface area (Å²) in [6, 6.07) is 0. The lowest BCUT2D eigenvalue weighted by Gasteiger charge is -2.26. The summed E-state index contributed by atoms with van der Waals surface area (Å²) in [5, 5.41) is 2.74. The van der Waals surface area contributed by atoms with Crippen molar-refractivity contribution >= 4 is 5.91 Å². The molecule has 1 rings (SSSR count). The van der Waals surface area contributed by atoms with Crippen LogP contribution in [0.2, 0.25) is 0 Å². The van der Waals surface area contributed by atoms with Gasteiger partial charge in [0.15, 0.2) is 6.29 Å². The number of carbonyl (C=O) groups excluding carboxylic acids is 1. The zero-order chi connectivity index (χ0) is 10.4. The van der Waals surface area contributed by atoms with Gasteiger partial charge < -0.3 is 19.5 Å². The molecular formula is C9H17NO4. The summed E-state index contributed by atoms with van der Waals surface area (Å²) in [7, 11) is 1.60. The number of methoxy groups -OCH3 is 1. The molecule has 1 N–H and O–H groups in total. The number of nitrogens with one attached hydrogen (secondary N) is 1. The third-order valence-electron chi connectivity index (χ3n) is 2.04. The number of amides is 1. The van der Waals surface area contributed by atoms with Gasteiger partial charge >= 0.3 is 0 Å². The molecule has 0 aromatic rings. The van der Waals surface area contributed by atoms with E-state index in [1.807, 2.05) is 6.92 Å². The highest BCUT2D eigenvalue weighted by Crippen LogP contribution is 2.10. The van der Waals surface area contributed by atoms with E-state index in [9.17, 15) is 4.79 Å². The Balaban J connectivity index is 2.17. The fourth-order valence-corrected chi connectivity index (χ4v) is 1.17. The summed E-state index contributed by atoms with van der Waals surface area (Å²) in [5.74, 6) is -0.225. The normalized spacial score (nSPS) is 27.3. The first kappa shape index (κ1) is 11.4. The van der Waals surface area contributed by atoms with Crippen molar-refractivity contribution in [3.8, 4) is 0 Å². The quantitative estimate of drug-likeness (QED) is 0.641. The zero-order valence-corrected chi connectivity index (χ0v) is 8.62. The Morgan fingerprint density at radius 1 is 1.50 bits per heavy atom. The molecule has 5 nitrogen and oxygen atoms in total. The van der Waals surface area contributed by atoms with Crippen LogP contribution in [-0.4, -0.2) is 45.7 Å². The molecule has 1 aliphatic heterocycles. The van der Waals surface area contributed by atoms with E-state index in [1.165, 1.54) is 0 Å². The zero-order valence-electron chi connectivity index (χ0n) is 8.62. The molecule has 14 heavy (non-hydrogen) atoms. The molecule has 0 saturated carbocycles. The molecule has 0 aromatic carbocycles. The average Bonchev–Trinajstić information content (AvgIpc) is 2.19. The number of rotatable bonds is 4. The molecule has 0 bridgehead atoms. The van der Waals surface area contributed by atoms with Crippen molar-refractivity contribution in [2.24, 2.45) is 5.92 Å². The maximum absolute atomic E-state index is 11.5. The van der Waals surface area contributed by atoms with Crippen molar-refractivity contribution < 1.29 is 19.0 Å². The average molecular weight is 203 g/mol. The largest absolute Gasteiger partial charge is 0.383 e. The van der Waals surface area contributed by atoms with Gasteiger partial charge in [-0.3, -0.25) is 4.79 Å². The van der Waals surface area contributed by atoms with Gasteiger partial charge in [0.2, 0.25) is 5.91 Å². The van der Waals surface area contributed by atoms with Gasteiger partial charge in [-0.1, -0.05) is 0 Å². The van der Waals surface area contributed by atoms with E-state index in [4.69, 9.17) is 14.2 Å². The molecule has 1 amide bonds. The van der Waals surface area contributed by atoms with Gasteiger partial charge in [-0.2, -0.15) is 0 Å². The Labute approximate surface area is 83.7 Å². The molecule has 5 heteroatoms. The number of hydrogen-bond donors (Lipinski definition) is 1. The summed E-state index contributed by atoms with van der Waals surface area (Å²) < 4.78 is 15.2. The first-order chi connectivity index (χ1) is 6.74. The molecule has 0 radical (unpaired) electrons. The van der Waals surface area contributed by atoms with Crippen molar-refractivity contribution in [3.05, 3.63) is 0 Å². The molecule has 1 fully saturated rings. The van der Waals surface area contributed by atoms with Crippen LogP contribution in [0.25, 0.3) is 0 Å². The standard InChI is InChI=1S/C9H17NO4/c1-7-13-5-8(6-14-7)9(11)10-3-4-12-2/h7-8H,3-6H2,1-2H3,(H,10,11).